The van der Waals surface area contributed by atoms with Gasteiger partial charge in [-0.2, -0.15) is 0 Å². The van der Waals surface area contributed by atoms with Gasteiger partial charge in [0.2, 0.25) is 0 Å². The summed E-state index contributed by atoms with van der Waals surface area (Å²) in [7, 11) is 0. The summed E-state index contributed by atoms with van der Waals surface area (Å²) in [5.74, 6) is 0. The van der Waals surface area contributed by atoms with Crippen molar-refractivity contribution in [2.75, 3.05) is 0 Å². The first-order valence-electron chi connectivity index (χ1n) is 16.7. The zero-order valence-corrected chi connectivity index (χ0v) is 27.0. The lowest BCUT2D eigenvalue weighted by atomic mass is 9.95. The topological polar surface area (TPSA) is 60.4 Å². The maximum Gasteiger partial charge on any atom is 0.344 e. The summed E-state index contributed by atoms with van der Waals surface area (Å²) in [4.78, 5) is 26.5. The van der Waals surface area contributed by atoms with Crippen molar-refractivity contribution in [2.45, 2.75) is 39.5 Å². The van der Waals surface area contributed by atoms with E-state index >= 15 is 0 Å². The molecular weight excluding hydrogens is 592 g/mol. The fourth-order valence-corrected chi connectivity index (χ4v) is 6.98. The second-order valence-electron chi connectivity index (χ2n) is 12.6. The Balaban J connectivity index is 1.20. The maximum absolute atomic E-state index is 13.3. The predicted molar refractivity (Wildman–Crippen MR) is 198 cm³/mol. The molecule has 0 aliphatic carbocycles. The van der Waals surface area contributed by atoms with Crippen molar-refractivity contribution in [1.29, 1.82) is 0 Å². The van der Waals surface area contributed by atoms with Crippen molar-refractivity contribution in [3.8, 4) is 33.4 Å². The lowest BCUT2D eigenvalue weighted by Gasteiger charge is -2.10. The fraction of sp³-hybridized carbons (Fsp3) is 0.136. The Morgan fingerprint density at radius 2 is 0.875 bits per heavy atom. The molecule has 0 radical (unpaired) electrons. The molecule has 0 aliphatic heterocycles. The molecule has 0 saturated heterocycles. The number of fused-ring (bicyclic) bond motifs is 6. The summed E-state index contributed by atoms with van der Waals surface area (Å²) >= 11 is 0. The molecule has 8 aromatic rings. The van der Waals surface area contributed by atoms with Crippen LogP contribution in [0.3, 0.4) is 0 Å². The number of hydrogen-bond acceptors (Lipinski definition) is 4. The van der Waals surface area contributed by atoms with Gasteiger partial charge in [-0.3, -0.25) is 0 Å². The van der Waals surface area contributed by atoms with Crippen molar-refractivity contribution >= 4 is 43.5 Å². The van der Waals surface area contributed by atoms with E-state index in [-0.39, 0.29) is 11.3 Å². The third kappa shape index (κ3) is 5.29. The normalized spacial score (nSPS) is 11.6. The molecule has 0 saturated carbocycles. The molecule has 0 amide bonds. The molecule has 0 bridgehead atoms. The van der Waals surface area contributed by atoms with E-state index in [2.05, 4.69) is 50.2 Å². The van der Waals surface area contributed by atoms with Crippen molar-refractivity contribution < 1.29 is 8.83 Å². The summed E-state index contributed by atoms with van der Waals surface area (Å²) in [5, 5.41) is 6.20. The molecule has 4 heteroatoms. The van der Waals surface area contributed by atoms with Gasteiger partial charge >= 0.3 is 11.3 Å². The van der Waals surface area contributed by atoms with E-state index in [1.165, 1.54) is 11.1 Å². The van der Waals surface area contributed by atoms with Crippen LogP contribution in [-0.4, -0.2) is 0 Å². The van der Waals surface area contributed by atoms with Crippen LogP contribution in [0.15, 0.2) is 140 Å². The van der Waals surface area contributed by atoms with Gasteiger partial charge in [-0.1, -0.05) is 112 Å². The van der Waals surface area contributed by atoms with Crippen molar-refractivity contribution in [1.82, 2.24) is 0 Å². The van der Waals surface area contributed by atoms with Crippen LogP contribution in [0.5, 0.6) is 0 Å². The Kier molecular flexibility index (Phi) is 7.49. The second-order valence-corrected chi connectivity index (χ2v) is 12.6. The molecule has 4 nitrogen and oxygen atoms in total. The lowest BCUT2D eigenvalue weighted by Crippen LogP contribution is -2.03. The molecule has 2 heterocycles. The fourth-order valence-electron chi connectivity index (χ4n) is 6.98. The van der Waals surface area contributed by atoms with Crippen LogP contribution >= 0.6 is 0 Å². The van der Waals surface area contributed by atoms with E-state index in [0.29, 0.717) is 22.3 Å². The largest absolute Gasteiger partial charge is 0.422 e. The highest BCUT2D eigenvalue weighted by Gasteiger charge is 2.14. The van der Waals surface area contributed by atoms with Crippen LogP contribution in [0.2, 0.25) is 0 Å². The molecule has 0 aliphatic rings. The lowest BCUT2D eigenvalue weighted by molar-refractivity contribution is 0.563. The first-order chi connectivity index (χ1) is 23.5. The molecule has 48 heavy (non-hydrogen) atoms. The van der Waals surface area contributed by atoms with Crippen LogP contribution in [0.4, 0.5) is 0 Å². The van der Waals surface area contributed by atoms with Crippen molar-refractivity contribution in [3.05, 3.63) is 153 Å². The molecular formula is C44H34O4. The van der Waals surface area contributed by atoms with E-state index in [9.17, 15) is 9.59 Å². The summed E-state index contributed by atoms with van der Waals surface area (Å²) in [6.07, 6.45) is 4.23. The van der Waals surface area contributed by atoms with Gasteiger partial charge in [-0.05, 0) is 104 Å². The Bertz CT molecular complexity index is 2460. The van der Waals surface area contributed by atoms with Gasteiger partial charge in [0.15, 0.2) is 0 Å². The first kappa shape index (κ1) is 29.6. The highest BCUT2D eigenvalue weighted by Crippen LogP contribution is 2.33. The smallest absolute Gasteiger partial charge is 0.344 e. The molecule has 0 fully saturated rings. The van der Waals surface area contributed by atoms with Gasteiger partial charge in [0.1, 0.15) is 11.2 Å². The molecule has 8 rings (SSSR count). The Hall–Kier alpha value is -5.74. The number of aryl methyl sites for hydroxylation is 2. The molecule has 0 atom stereocenters. The van der Waals surface area contributed by atoms with Crippen molar-refractivity contribution in [2.24, 2.45) is 0 Å². The summed E-state index contributed by atoms with van der Waals surface area (Å²) in [5.41, 5.74) is 7.41. The zero-order chi connectivity index (χ0) is 32.8. The van der Waals surface area contributed by atoms with E-state index in [1.807, 2.05) is 84.9 Å². The molecule has 0 N–H and O–H groups in total. The monoisotopic (exact) mass is 626 g/mol. The zero-order valence-electron chi connectivity index (χ0n) is 27.0. The highest BCUT2D eigenvalue weighted by atomic mass is 16.4. The molecule has 234 valence electrons. The second kappa shape index (κ2) is 12.1. The summed E-state index contributed by atoms with van der Waals surface area (Å²) in [6, 6.07) is 40.5. The van der Waals surface area contributed by atoms with Crippen LogP contribution in [0, 0.1) is 0 Å². The molecule has 2 aromatic heterocycles. The summed E-state index contributed by atoms with van der Waals surface area (Å²) in [6.45, 7) is 4.36. The molecule has 0 spiro atoms. The van der Waals surface area contributed by atoms with Gasteiger partial charge in [-0.15, -0.1) is 0 Å². The van der Waals surface area contributed by atoms with Gasteiger partial charge in [0, 0.05) is 10.8 Å². The maximum atomic E-state index is 13.3. The van der Waals surface area contributed by atoms with Crippen LogP contribution in [-0.2, 0) is 12.8 Å². The summed E-state index contributed by atoms with van der Waals surface area (Å²) < 4.78 is 11.7. The predicted octanol–water partition coefficient (Wildman–Crippen LogP) is 11.1. The van der Waals surface area contributed by atoms with Crippen LogP contribution < -0.4 is 11.3 Å². The molecule has 6 aromatic carbocycles. The minimum Gasteiger partial charge on any atom is -0.422 e. The van der Waals surface area contributed by atoms with Gasteiger partial charge in [0.25, 0.3) is 0 Å². The van der Waals surface area contributed by atoms with Crippen LogP contribution in [0.25, 0.3) is 76.9 Å². The minimum atomic E-state index is -0.377. The quantitative estimate of drug-likeness (QED) is 0.130. The first-order valence-corrected chi connectivity index (χ1v) is 16.7. The highest BCUT2D eigenvalue weighted by molar-refractivity contribution is 6.07. The van der Waals surface area contributed by atoms with Gasteiger partial charge in [0.05, 0.1) is 11.1 Å². The standard InChI is InChI=1S/C44H34O4/c1-3-7-27-13-17-35-33(21-27)15-19-41-39(35)25-37(43(45)47-41)31-11-5-9-29(23-31)30-10-6-12-32(24-30)38-26-40-36-18-14-28(8-4-2)22-34(36)16-20-42(40)48-44(38)46/h5-6,9-26H,3-4,7-8H2,1-2H3. The van der Waals surface area contributed by atoms with E-state index in [0.717, 1.165) is 80.3 Å². The molecule has 0 unspecified atom stereocenters. The van der Waals surface area contributed by atoms with Crippen LogP contribution in [0.1, 0.15) is 37.8 Å². The SMILES string of the molecule is CCCc1ccc2c(ccc3oc(=O)c(-c4cccc(-c5cccc(-c6cc7c(ccc8cc(CCC)ccc87)oc6=O)c5)c4)cc32)c1. The number of hydrogen-bond donors (Lipinski definition) is 0. The number of rotatable bonds is 7. The van der Waals surface area contributed by atoms with Gasteiger partial charge < -0.3 is 8.83 Å². The number of benzene rings is 6. The average molecular weight is 627 g/mol. The van der Waals surface area contributed by atoms with Crippen molar-refractivity contribution in [3.63, 3.8) is 0 Å². The Morgan fingerprint density at radius 1 is 0.438 bits per heavy atom. The Labute approximate surface area is 277 Å². The Morgan fingerprint density at radius 3 is 1.31 bits per heavy atom. The third-order valence-corrected chi connectivity index (χ3v) is 9.35. The van der Waals surface area contributed by atoms with E-state index < -0.39 is 0 Å². The van der Waals surface area contributed by atoms with E-state index in [1.54, 1.807) is 0 Å². The van der Waals surface area contributed by atoms with Gasteiger partial charge in [-0.25, -0.2) is 9.59 Å². The minimum absolute atomic E-state index is 0.377. The third-order valence-electron chi connectivity index (χ3n) is 9.35. The van der Waals surface area contributed by atoms with E-state index in [4.69, 9.17) is 8.83 Å². The average Bonchev–Trinajstić information content (AvgIpc) is 3.11.